The summed E-state index contributed by atoms with van der Waals surface area (Å²) in [6, 6.07) is 12.2. The van der Waals surface area contributed by atoms with E-state index in [1.807, 2.05) is 0 Å². The molecule has 24 heavy (non-hydrogen) atoms. The summed E-state index contributed by atoms with van der Waals surface area (Å²) in [5, 5.41) is 18.4. The molecule has 0 bridgehead atoms. The van der Waals surface area contributed by atoms with Gasteiger partial charge in [0.2, 0.25) is 5.88 Å². The molecule has 0 unspecified atom stereocenters. The van der Waals surface area contributed by atoms with Gasteiger partial charge in [0.25, 0.3) is 5.91 Å². The molecule has 118 valence electrons. The summed E-state index contributed by atoms with van der Waals surface area (Å²) in [4.78, 5) is 12.0. The van der Waals surface area contributed by atoms with Gasteiger partial charge in [-0.25, -0.2) is 4.39 Å². The highest BCUT2D eigenvalue weighted by Crippen LogP contribution is 2.38. The van der Waals surface area contributed by atoms with Gasteiger partial charge < -0.3 is 5.11 Å². The van der Waals surface area contributed by atoms with Crippen molar-refractivity contribution >= 4 is 22.5 Å². The van der Waals surface area contributed by atoms with Crippen molar-refractivity contribution in [3.8, 4) is 18.2 Å². The number of benzene rings is 2. The van der Waals surface area contributed by atoms with E-state index in [9.17, 15) is 14.3 Å². The number of carbonyl (C=O) groups is 1. The molecule has 0 aliphatic heterocycles. The predicted octanol–water partition coefficient (Wildman–Crippen LogP) is 4.04. The number of carbonyl (C=O) groups excluding carboxylic acids is 1. The number of para-hydroxylation sites is 1. The molecule has 0 atom stereocenters. The first-order chi connectivity index (χ1) is 11.6. The first-order valence-electron chi connectivity index (χ1n) is 7.07. The molecule has 1 aromatic heterocycles. The molecule has 6 heteroatoms. The SMILES string of the molecule is C#CCn1c(O)c(N=NC(=O)c2cccc(F)c2)c2ccccc21. The van der Waals surface area contributed by atoms with Gasteiger partial charge in [-0.3, -0.25) is 9.36 Å². The number of hydrogen-bond donors (Lipinski definition) is 1. The standard InChI is InChI=1S/C18H12FN3O2/c1-2-10-22-15-9-4-3-8-14(15)16(18(22)24)20-21-17(23)12-6-5-7-13(19)11-12/h1,3-9,11,24H,10H2. The first kappa shape index (κ1) is 15.4. The van der Waals surface area contributed by atoms with Crippen LogP contribution in [0.4, 0.5) is 10.1 Å². The lowest BCUT2D eigenvalue weighted by atomic mass is 10.2. The second-order valence-electron chi connectivity index (χ2n) is 5.00. The average Bonchev–Trinajstić information content (AvgIpc) is 2.85. The Balaban J connectivity index is 2.03. The van der Waals surface area contributed by atoms with Crippen LogP contribution < -0.4 is 0 Å². The van der Waals surface area contributed by atoms with E-state index in [1.54, 1.807) is 24.3 Å². The van der Waals surface area contributed by atoms with E-state index < -0.39 is 11.7 Å². The van der Waals surface area contributed by atoms with E-state index in [0.717, 1.165) is 6.07 Å². The number of aromatic nitrogens is 1. The summed E-state index contributed by atoms with van der Waals surface area (Å²) in [6.45, 7) is 0.152. The number of rotatable bonds is 3. The minimum absolute atomic E-state index is 0.0746. The Morgan fingerprint density at radius 2 is 2.04 bits per heavy atom. The molecular weight excluding hydrogens is 309 g/mol. The monoisotopic (exact) mass is 321 g/mol. The number of halogens is 1. The fraction of sp³-hybridized carbons (Fsp3) is 0.0556. The topological polar surface area (TPSA) is 66.9 Å². The highest BCUT2D eigenvalue weighted by molar-refractivity contribution is 5.97. The molecule has 1 amide bonds. The smallest absolute Gasteiger partial charge is 0.295 e. The van der Waals surface area contributed by atoms with Crippen LogP contribution in [-0.4, -0.2) is 15.6 Å². The zero-order valence-corrected chi connectivity index (χ0v) is 12.5. The molecule has 1 N–H and O–H groups in total. The molecule has 0 aliphatic rings. The Bertz CT molecular complexity index is 999. The second kappa shape index (κ2) is 6.34. The molecule has 0 aliphatic carbocycles. The maximum atomic E-state index is 13.2. The summed E-state index contributed by atoms with van der Waals surface area (Å²) < 4.78 is 14.7. The van der Waals surface area contributed by atoms with Gasteiger partial charge in [0.15, 0.2) is 5.69 Å². The molecule has 0 saturated carbocycles. The van der Waals surface area contributed by atoms with Crippen LogP contribution in [0.25, 0.3) is 10.9 Å². The van der Waals surface area contributed by atoms with Crippen molar-refractivity contribution in [3.05, 3.63) is 59.9 Å². The number of aromatic hydroxyl groups is 1. The van der Waals surface area contributed by atoms with Gasteiger partial charge in [-0.15, -0.1) is 16.7 Å². The minimum Gasteiger partial charge on any atom is -0.493 e. The third-order valence-electron chi connectivity index (χ3n) is 3.48. The minimum atomic E-state index is -0.706. The molecule has 0 saturated heterocycles. The van der Waals surface area contributed by atoms with Gasteiger partial charge in [0, 0.05) is 10.9 Å². The molecule has 0 radical (unpaired) electrons. The molecule has 1 heterocycles. The van der Waals surface area contributed by atoms with Gasteiger partial charge >= 0.3 is 0 Å². The van der Waals surface area contributed by atoms with E-state index in [0.29, 0.717) is 10.9 Å². The summed E-state index contributed by atoms with van der Waals surface area (Å²) >= 11 is 0. The maximum Gasteiger partial charge on any atom is 0.295 e. The average molecular weight is 321 g/mol. The number of azo groups is 1. The predicted molar refractivity (Wildman–Crippen MR) is 87.7 cm³/mol. The number of hydrogen-bond acceptors (Lipinski definition) is 3. The first-order valence-corrected chi connectivity index (χ1v) is 7.07. The second-order valence-corrected chi connectivity index (χ2v) is 5.00. The van der Waals surface area contributed by atoms with Crippen LogP contribution in [0.15, 0.2) is 58.8 Å². The van der Waals surface area contributed by atoms with Crippen LogP contribution in [0.3, 0.4) is 0 Å². The fourth-order valence-electron chi connectivity index (χ4n) is 2.40. The Kier molecular flexibility index (Phi) is 4.08. The summed E-state index contributed by atoms with van der Waals surface area (Å²) in [5.74, 6) is 1.03. The third-order valence-corrected chi connectivity index (χ3v) is 3.48. The molecule has 5 nitrogen and oxygen atoms in total. The lowest BCUT2D eigenvalue weighted by Crippen LogP contribution is -1.94. The highest BCUT2D eigenvalue weighted by atomic mass is 19.1. The molecule has 3 aromatic rings. The van der Waals surface area contributed by atoms with E-state index in [4.69, 9.17) is 6.42 Å². The van der Waals surface area contributed by atoms with E-state index in [2.05, 4.69) is 16.1 Å². The van der Waals surface area contributed by atoms with Crippen molar-refractivity contribution in [1.82, 2.24) is 4.57 Å². The van der Waals surface area contributed by atoms with Crippen molar-refractivity contribution in [3.63, 3.8) is 0 Å². The van der Waals surface area contributed by atoms with Crippen LogP contribution in [0.5, 0.6) is 5.88 Å². The van der Waals surface area contributed by atoms with Crippen LogP contribution in [0.1, 0.15) is 10.4 Å². The molecule has 2 aromatic carbocycles. The van der Waals surface area contributed by atoms with E-state index in [-0.39, 0.29) is 23.7 Å². The van der Waals surface area contributed by atoms with Crippen molar-refractivity contribution < 1.29 is 14.3 Å². The Morgan fingerprint density at radius 1 is 1.25 bits per heavy atom. The molecular formula is C18H12FN3O2. The van der Waals surface area contributed by atoms with Crippen molar-refractivity contribution in [2.75, 3.05) is 0 Å². The molecule has 0 fully saturated rings. The summed E-state index contributed by atoms with van der Waals surface area (Å²) in [6.07, 6.45) is 5.32. The lowest BCUT2D eigenvalue weighted by Gasteiger charge is -2.00. The Hall–Kier alpha value is -3.46. The number of terminal acetylenes is 1. The maximum absolute atomic E-state index is 13.2. The Labute approximate surface area is 137 Å². The molecule has 0 spiro atoms. The Morgan fingerprint density at radius 3 is 2.79 bits per heavy atom. The van der Waals surface area contributed by atoms with Gasteiger partial charge in [0.05, 0.1) is 12.1 Å². The lowest BCUT2D eigenvalue weighted by molar-refractivity contribution is 0.0994. The van der Waals surface area contributed by atoms with E-state index >= 15 is 0 Å². The van der Waals surface area contributed by atoms with Crippen LogP contribution >= 0.6 is 0 Å². The van der Waals surface area contributed by atoms with Crippen LogP contribution in [0.2, 0.25) is 0 Å². The van der Waals surface area contributed by atoms with Crippen LogP contribution in [0, 0.1) is 18.2 Å². The van der Waals surface area contributed by atoms with Crippen LogP contribution in [-0.2, 0) is 6.54 Å². The van der Waals surface area contributed by atoms with Gasteiger partial charge in [0.1, 0.15) is 5.82 Å². The van der Waals surface area contributed by atoms with Crippen molar-refractivity contribution in [2.24, 2.45) is 10.2 Å². The summed E-state index contributed by atoms with van der Waals surface area (Å²) in [7, 11) is 0. The zero-order chi connectivity index (χ0) is 17.1. The van der Waals surface area contributed by atoms with Crippen molar-refractivity contribution in [1.29, 1.82) is 0 Å². The number of nitrogens with zero attached hydrogens (tertiary/aromatic N) is 3. The van der Waals surface area contributed by atoms with Gasteiger partial charge in [-0.1, -0.05) is 30.2 Å². The van der Waals surface area contributed by atoms with Gasteiger partial charge in [-0.05, 0) is 24.3 Å². The quantitative estimate of drug-likeness (QED) is 0.584. The molecule has 3 rings (SSSR count). The van der Waals surface area contributed by atoms with Crippen molar-refractivity contribution in [2.45, 2.75) is 6.54 Å². The highest BCUT2D eigenvalue weighted by Gasteiger charge is 2.16. The van der Waals surface area contributed by atoms with Gasteiger partial charge in [-0.2, -0.15) is 0 Å². The largest absolute Gasteiger partial charge is 0.493 e. The third kappa shape index (κ3) is 2.75. The van der Waals surface area contributed by atoms with E-state index in [1.165, 1.54) is 22.8 Å². The normalized spacial score (nSPS) is 11.0. The number of amides is 1. The fourth-order valence-corrected chi connectivity index (χ4v) is 2.40. The zero-order valence-electron chi connectivity index (χ0n) is 12.5. The number of fused-ring (bicyclic) bond motifs is 1. The summed E-state index contributed by atoms with van der Waals surface area (Å²) in [5.41, 5.74) is 0.899.